The Hall–Kier alpha value is -4.32. The van der Waals surface area contributed by atoms with Gasteiger partial charge in [0, 0.05) is 0 Å². The van der Waals surface area contributed by atoms with Crippen LogP contribution in [0.1, 0.15) is 22.3 Å². The molecular formula is C32H34O6. The highest BCUT2D eigenvalue weighted by molar-refractivity contribution is 5.55. The maximum atomic E-state index is 10.7. The molecule has 0 spiro atoms. The minimum absolute atomic E-state index is 0.0430. The number of hydrogen-bond donors (Lipinski definition) is 1. The van der Waals surface area contributed by atoms with E-state index in [4.69, 9.17) is 23.7 Å². The van der Waals surface area contributed by atoms with Crippen LogP contribution in [-0.4, -0.2) is 33.5 Å². The van der Waals surface area contributed by atoms with E-state index in [1.54, 1.807) is 27.4 Å². The first-order chi connectivity index (χ1) is 18.5. The third kappa shape index (κ3) is 6.71. The summed E-state index contributed by atoms with van der Waals surface area (Å²) in [6.07, 6.45) is 3.20. The lowest BCUT2D eigenvalue weighted by Gasteiger charge is -2.15. The van der Waals surface area contributed by atoms with Crippen LogP contribution in [0.5, 0.6) is 40.2 Å². The molecule has 4 aromatic carbocycles. The van der Waals surface area contributed by atoms with Crippen LogP contribution in [-0.2, 0) is 25.7 Å². The third-order valence-electron chi connectivity index (χ3n) is 6.41. The second kappa shape index (κ2) is 12.8. The fraction of sp³-hybridized carbons (Fsp3) is 0.250. The van der Waals surface area contributed by atoms with Gasteiger partial charge >= 0.3 is 0 Å². The molecule has 0 saturated heterocycles. The van der Waals surface area contributed by atoms with Gasteiger partial charge in [-0.1, -0.05) is 30.3 Å². The van der Waals surface area contributed by atoms with Gasteiger partial charge < -0.3 is 28.8 Å². The Morgan fingerprint density at radius 3 is 1.71 bits per heavy atom. The number of rotatable bonds is 12. The van der Waals surface area contributed by atoms with Crippen molar-refractivity contribution in [2.24, 2.45) is 0 Å². The van der Waals surface area contributed by atoms with Gasteiger partial charge in [-0.05, 0) is 96.5 Å². The highest BCUT2D eigenvalue weighted by atomic mass is 16.5. The Morgan fingerprint density at radius 2 is 1.08 bits per heavy atom. The van der Waals surface area contributed by atoms with Gasteiger partial charge in [0.2, 0.25) is 5.75 Å². The summed E-state index contributed by atoms with van der Waals surface area (Å²) in [5.41, 5.74) is 4.40. The molecule has 0 atom stereocenters. The van der Waals surface area contributed by atoms with Crippen LogP contribution in [0, 0.1) is 0 Å². The topological polar surface area (TPSA) is 66.4 Å². The second-order valence-electron chi connectivity index (χ2n) is 8.94. The zero-order valence-corrected chi connectivity index (χ0v) is 22.3. The van der Waals surface area contributed by atoms with Crippen LogP contribution < -0.4 is 23.7 Å². The molecule has 0 amide bonds. The smallest absolute Gasteiger partial charge is 0.203 e. The van der Waals surface area contributed by atoms with Crippen molar-refractivity contribution in [1.82, 2.24) is 0 Å². The lowest BCUT2D eigenvalue weighted by molar-refractivity contribution is 0.348. The fourth-order valence-corrected chi connectivity index (χ4v) is 4.40. The van der Waals surface area contributed by atoms with Crippen LogP contribution in [0.15, 0.2) is 78.9 Å². The van der Waals surface area contributed by atoms with Crippen LogP contribution in [0.2, 0.25) is 0 Å². The van der Waals surface area contributed by atoms with Crippen LogP contribution in [0.3, 0.4) is 0 Å². The Morgan fingerprint density at radius 1 is 0.500 bits per heavy atom. The van der Waals surface area contributed by atoms with Gasteiger partial charge in [0.25, 0.3) is 0 Å². The van der Waals surface area contributed by atoms with Crippen LogP contribution in [0.25, 0.3) is 0 Å². The molecule has 0 heterocycles. The first-order valence-electron chi connectivity index (χ1n) is 12.5. The van der Waals surface area contributed by atoms with Gasteiger partial charge in [0.15, 0.2) is 23.0 Å². The number of phenolic OH excluding ortho intramolecular Hbond substituents is 1. The van der Waals surface area contributed by atoms with E-state index < -0.39 is 0 Å². The van der Waals surface area contributed by atoms with Crippen molar-refractivity contribution < 1.29 is 28.8 Å². The molecule has 198 valence electrons. The lowest BCUT2D eigenvalue weighted by Crippen LogP contribution is -1.98. The van der Waals surface area contributed by atoms with Crippen molar-refractivity contribution in [1.29, 1.82) is 0 Å². The number of ether oxygens (including phenoxy) is 5. The summed E-state index contributed by atoms with van der Waals surface area (Å²) in [6.45, 7) is 0. The number of aryl methyl sites for hydroxylation is 4. The quantitative estimate of drug-likeness (QED) is 0.225. The van der Waals surface area contributed by atoms with Crippen molar-refractivity contribution >= 4 is 0 Å². The SMILES string of the molecule is COc1cccc(CCc2cccc(Oc3cc(CCc4ccc(OC)c(OC)c4)cc(O)c3OC)c2)c1. The number of aromatic hydroxyl groups is 1. The normalized spacial score (nSPS) is 10.6. The van der Waals surface area contributed by atoms with Gasteiger partial charge in [0.05, 0.1) is 28.4 Å². The number of methoxy groups -OCH3 is 4. The standard InChI is InChI=1S/C32H34O6/c1-34-26-9-5-7-22(17-26)11-12-23-8-6-10-27(18-23)38-31-21-25(19-28(33)32(31)37-4)14-13-24-15-16-29(35-2)30(20-24)36-3/h5-10,15-21,33H,11-14H2,1-4H3. The zero-order valence-electron chi connectivity index (χ0n) is 22.3. The van der Waals surface area contributed by atoms with Crippen molar-refractivity contribution in [3.8, 4) is 40.2 Å². The van der Waals surface area contributed by atoms with Crippen LogP contribution in [0.4, 0.5) is 0 Å². The molecule has 0 fully saturated rings. The van der Waals surface area contributed by atoms with E-state index in [-0.39, 0.29) is 5.75 Å². The number of phenols is 1. The van der Waals surface area contributed by atoms with Crippen molar-refractivity contribution in [3.05, 3.63) is 101 Å². The minimum atomic E-state index is 0.0430. The van der Waals surface area contributed by atoms with Crippen molar-refractivity contribution in [2.45, 2.75) is 25.7 Å². The van der Waals surface area contributed by atoms with Gasteiger partial charge in [-0.2, -0.15) is 0 Å². The zero-order chi connectivity index (χ0) is 26.9. The summed E-state index contributed by atoms with van der Waals surface area (Å²) < 4.78 is 27.8. The van der Waals surface area contributed by atoms with E-state index in [0.29, 0.717) is 35.2 Å². The second-order valence-corrected chi connectivity index (χ2v) is 8.94. The summed E-state index contributed by atoms with van der Waals surface area (Å²) in [7, 11) is 6.45. The first kappa shape index (κ1) is 26.7. The van der Waals surface area contributed by atoms with Gasteiger partial charge in [-0.3, -0.25) is 0 Å². The average Bonchev–Trinajstić information content (AvgIpc) is 2.95. The maximum Gasteiger partial charge on any atom is 0.203 e. The molecule has 0 aliphatic heterocycles. The molecule has 0 saturated carbocycles. The van der Waals surface area contributed by atoms with Crippen molar-refractivity contribution in [3.63, 3.8) is 0 Å². The Balaban J connectivity index is 1.48. The molecule has 0 bridgehead atoms. The Kier molecular flexibility index (Phi) is 8.98. The molecule has 0 radical (unpaired) electrons. The van der Waals surface area contributed by atoms with Gasteiger partial charge in [0.1, 0.15) is 11.5 Å². The molecule has 6 nitrogen and oxygen atoms in total. The third-order valence-corrected chi connectivity index (χ3v) is 6.41. The van der Waals surface area contributed by atoms with Gasteiger partial charge in [-0.25, -0.2) is 0 Å². The molecular weight excluding hydrogens is 480 g/mol. The van der Waals surface area contributed by atoms with E-state index in [2.05, 4.69) is 18.2 Å². The van der Waals surface area contributed by atoms with E-state index >= 15 is 0 Å². The number of benzene rings is 4. The van der Waals surface area contributed by atoms with Crippen LogP contribution >= 0.6 is 0 Å². The molecule has 38 heavy (non-hydrogen) atoms. The molecule has 6 heteroatoms. The monoisotopic (exact) mass is 514 g/mol. The molecule has 0 aliphatic carbocycles. The van der Waals surface area contributed by atoms with E-state index in [9.17, 15) is 5.11 Å². The van der Waals surface area contributed by atoms with Crippen molar-refractivity contribution in [2.75, 3.05) is 28.4 Å². The summed E-state index contributed by atoms with van der Waals surface area (Å²) in [5.74, 6) is 3.75. The molecule has 0 aromatic heterocycles. The Bertz CT molecular complexity index is 1360. The minimum Gasteiger partial charge on any atom is -0.504 e. The predicted molar refractivity (Wildman–Crippen MR) is 149 cm³/mol. The lowest BCUT2D eigenvalue weighted by atomic mass is 10.0. The molecule has 1 N–H and O–H groups in total. The van der Waals surface area contributed by atoms with Gasteiger partial charge in [-0.15, -0.1) is 0 Å². The van der Waals surface area contributed by atoms with E-state index in [1.165, 1.54) is 12.7 Å². The molecule has 4 aromatic rings. The van der Waals surface area contributed by atoms with E-state index in [1.807, 2.05) is 54.6 Å². The highest BCUT2D eigenvalue weighted by Gasteiger charge is 2.14. The summed E-state index contributed by atoms with van der Waals surface area (Å²) >= 11 is 0. The maximum absolute atomic E-state index is 10.7. The highest BCUT2D eigenvalue weighted by Crippen LogP contribution is 2.40. The predicted octanol–water partition coefficient (Wildman–Crippen LogP) is 6.79. The summed E-state index contributed by atoms with van der Waals surface area (Å²) in [6, 6.07) is 25.6. The number of hydrogen-bond acceptors (Lipinski definition) is 6. The average molecular weight is 515 g/mol. The van der Waals surface area contributed by atoms with E-state index in [0.717, 1.165) is 41.7 Å². The molecule has 0 unspecified atom stereocenters. The largest absolute Gasteiger partial charge is 0.504 e. The molecule has 4 rings (SSSR count). The fourth-order valence-electron chi connectivity index (χ4n) is 4.40. The summed E-state index contributed by atoms with van der Waals surface area (Å²) in [5, 5.41) is 10.7. The summed E-state index contributed by atoms with van der Waals surface area (Å²) in [4.78, 5) is 0. The first-order valence-corrected chi connectivity index (χ1v) is 12.5. The molecule has 0 aliphatic rings. The Labute approximate surface area is 224 Å².